The van der Waals surface area contributed by atoms with Crippen molar-refractivity contribution in [3.8, 4) is 17.1 Å². The molecule has 0 atom stereocenters. The van der Waals surface area contributed by atoms with Crippen molar-refractivity contribution in [2.45, 2.75) is 13.2 Å². The number of hydrogen-bond donors (Lipinski definition) is 0. The first kappa shape index (κ1) is 20.5. The van der Waals surface area contributed by atoms with Gasteiger partial charge in [-0.1, -0.05) is 5.16 Å². The van der Waals surface area contributed by atoms with Crippen LogP contribution in [0.5, 0.6) is 5.75 Å². The van der Waals surface area contributed by atoms with Crippen LogP contribution in [-0.4, -0.2) is 62.8 Å². The SMILES string of the molecule is COc1ccc(-c2noc(CN3CCN(Cn4cnc5cc(F)c(F)cc54)CC3)n2)cc1. The Morgan fingerprint density at radius 3 is 2.47 bits per heavy atom. The van der Waals surface area contributed by atoms with E-state index in [1.54, 1.807) is 13.4 Å². The molecule has 0 aliphatic carbocycles. The molecular formula is C22H22F2N6O2. The van der Waals surface area contributed by atoms with Crippen LogP contribution in [0.15, 0.2) is 47.2 Å². The molecule has 1 saturated heterocycles. The molecule has 0 unspecified atom stereocenters. The average Bonchev–Trinajstić information content (AvgIpc) is 3.43. The molecule has 1 fully saturated rings. The summed E-state index contributed by atoms with van der Waals surface area (Å²) in [6, 6.07) is 9.84. The minimum atomic E-state index is -0.882. The molecule has 3 heterocycles. The maximum absolute atomic E-state index is 13.6. The Hall–Kier alpha value is -3.37. The maximum atomic E-state index is 13.6. The van der Waals surface area contributed by atoms with Crippen LogP contribution >= 0.6 is 0 Å². The molecular weight excluding hydrogens is 418 g/mol. The lowest BCUT2D eigenvalue weighted by atomic mass is 10.2. The summed E-state index contributed by atoms with van der Waals surface area (Å²) in [4.78, 5) is 13.2. The molecule has 1 aliphatic rings. The fourth-order valence-electron chi connectivity index (χ4n) is 3.84. The number of imidazole rings is 1. The van der Waals surface area contributed by atoms with E-state index in [-0.39, 0.29) is 0 Å². The second kappa shape index (κ2) is 8.64. The van der Waals surface area contributed by atoms with Gasteiger partial charge in [0.2, 0.25) is 11.7 Å². The number of piperazine rings is 1. The molecule has 2 aromatic carbocycles. The summed E-state index contributed by atoms with van der Waals surface area (Å²) in [5.41, 5.74) is 1.91. The lowest BCUT2D eigenvalue weighted by Crippen LogP contribution is -2.46. The Kier molecular flexibility index (Phi) is 5.54. The van der Waals surface area contributed by atoms with Crippen molar-refractivity contribution in [3.05, 3.63) is 60.3 Å². The number of halogens is 2. The molecule has 2 aromatic heterocycles. The molecule has 0 bridgehead atoms. The van der Waals surface area contributed by atoms with E-state index in [9.17, 15) is 8.78 Å². The Morgan fingerprint density at radius 1 is 1.00 bits per heavy atom. The second-order valence-electron chi connectivity index (χ2n) is 7.75. The molecule has 0 radical (unpaired) electrons. The molecule has 4 aromatic rings. The predicted octanol–water partition coefficient (Wildman–Crippen LogP) is 3.15. The van der Waals surface area contributed by atoms with Crippen LogP contribution in [0.25, 0.3) is 22.4 Å². The summed E-state index contributed by atoms with van der Waals surface area (Å²) in [5, 5.41) is 4.08. The Balaban J connectivity index is 1.17. The third kappa shape index (κ3) is 4.19. The molecule has 0 saturated carbocycles. The van der Waals surface area contributed by atoms with Gasteiger partial charge in [0.05, 0.1) is 37.7 Å². The van der Waals surface area contributed by atoms with E-state index >= 15 is 0 Å². The highest BCUT2D eigenvalue weighted by Gasteiger charge is 2.20. The largest absolute Gasteiger partial charge is 0.497 e. The molecule has 0 amide bonds. The van der Waals surface area contributed by atoms with Crippen LogP contribution in [0, 0.1) is 11.6 Å². The van der Waals surface area contributed by atoms with E-state index < -0.39 is 11.6 Å². The maximum Gasteiger partial charge on any atom is 0.241 e. The summed E-state index contributed by atoms with van der Waals surface area (Å²) >= 11 is 0. The number of fused-ring (bicyclic) bond motifs is 1. The van der Waals surface area contributed by atoms with Crippen molar-refractivity contribution in [1.29, 1.82) is 0 Å². The number of nitrogens with zero attached hydrogens (tertiary/aromatic N) is 6. The van der Waals surface area contributed by atoms with E-state index in [4.69, 9.17) is 9.26 Å². The minimum absolute atomic E-state index is 0.451. The van der Waals surface area contributed by atoms with Gasteiger partial charge in [0, 0.05) is 43.9 Å². The van der Waals surface area contributed by atoms with Crippen molar-refractivity contribution in [3.63, 3.8) is 0 Å². The Labute approximate surface area is 183 Å². The van der Waals surface area contributed by atoms with Gasteiger partial charge in [-0.2, -0.15) is 4.98 Å². The number of methoxy groups -OCH3 is 1. The van der Waals surface area contributed by atoms with Gasteiger partial charge < -0.3 is 13.8 Å². The third-order valence-corrected chi connectivity index (χ3v) is 5.66. The number of rotatable bonds is 6. The standard InChI is InChI=1S/C22H22F2N6O2/c1-31-16-4-2-15(3-5-16)22-26-21(32-27-22)12-28-6-8-29(9-7-28)14-30-13-25-19-10-17(23)18(24)11-20(19)30/h2-5,10-11,13H,6-9,12,14H2,1H3. The lowest BCUT2D eigenvalue weighted by molar-refractivity contribution is 0.0962. The Morgan fingerprint density at radius 2 is 1.72 bits per heavy atom. The van der Waals surface area contributed by atoms with E-state index in [1.165, 1.54) is 6.07 Å². The molecule has 1 aliphatic heterocycles. The first-order chi connectivity index (χ1) is 15.6. The van der Waals surface area contributed by atoms with Gasteiger partial charge in [-0.05, 0) is 24.3 Å². The molecule has 5 rings (SSSR count). The zero-order chi connectivity index (χ0) is 22.1. The third-order valence-electron chi connectivity index (χ3n) is 5.66. The van der Waals surface area contributed by atoms with Gasteiger partial charge >= 0.3 is 0 Å². The predicted molar refractivity (Wildman–Crippen MR) is 113 cm³/mol. The monoisotopic (exact) mass is 440 g/mol. The highest BCUT2D eigenvalue weighted by atomic mass is 19.2. The summed E-state index contributed by atoms with van der Waals surface area (Å²) in [6.45, 7) is 4.45. The normalized spacial score (nSPS) is 15.5. The van der Waals surface area contributed by atoms with E-state index in [2.05, 4.69) is 24.9 Å². The smallest absolute Gasteiger partial charge is 0.241 e. The first-order valence-corrected chi connectivity index (χ1v) is 10.3. The van der Waals surface area contributed by atoms with Gasteiger partial charge in [-0.3, -0.25) is 9.80 Å². The van der Waals surface area contributed by atoms with Gasteiger partial charge in [0.1, 0.15) is 5.75 Å². The zero-order valence-electron chi connectivity index (χ0n) is 17.5. The highest BCUT2D eigenvalue weighted by Crippen LogP contribution is 2.21. The summed E-state index contributed by atoms with van der Waals surface area (Å²) < 4.78 is 39.5. The highest BCUT2D eigenvalue weighted by molar-refractivity contribution is 5.75. The minimum Gasteiger partial charge on any atom is -0.497 e. The Bertz CT molecular complexity index is 1220. The molecule has 0 N–H and O–H groups in total. The van der Waals surface area contributed by atoms with Crippen LogP contribution in [-0.2, 0) is 13.2 Å². The van der Waals surface area contributed by atoms with Gasteiger partial charge in [0.15, 0.2) is 11.6 Å². The second-order valence-corrected chi connectivity index (χ2v) is 7.75. The van der Waals surface area contributed by atoms with Crippen molar-refractivity contribution < 1.29 is 18.0 Å². The quantitative estimate of drug-likeness (QED) is 0.456. The number of ether oxygens (including phenoxy) is 1. The molecule has 32 heavy (non-hydrogen) atoms. The first-order valence-electron chi connectivity index (χ1n) is 10.3. The van der Waals surface area contributed by atoms with E-state index in [0.29, 0.717) is 36.0 Å². The van der Waals surface area contributed by atoms with Crippen LogP contribution in [0.1, 0.15) is 5.89 Å². The van der Waals surface area contributed by atoms with Gasteiger partial charge in [-0.25, -0.2) is 13.8 Å². The zero-order valence-corrected chi connectivity index (χ0v) is 17.5. The van der Waals surface area contributed by atoms with Gasteiger partial charge in [0.25, 0.3) is 0 Å². The number of aromatic nitrogens is 4. The van der Waals surface area contributed by atoms with Crippen molar-refractivity contribution >= 4 is 11.0 Å². The molecule has 166 valence electrons. The van der Waals surface area contributed by atoms with Crippen LogP contribution in [0.2, 0.25) is 0 Å². The van der Waals surface area contributed by atoms with Crippen molar-refractivity contribution in [2.24, 2.45) is 0 Å². The van der Waals surface area contributed by atoms with Crippen LogP contribution in [0.3, 0.4) is 0 Å². The number of hydrogen-bond acceptors (Lipinski definition) is 7. The molecule has 10 heteroatoms. The summed E-state index contributed by atoms with van der Waals surface area (Å²) in [6.07, 6.45) is 1.62. The van der Waals surface area contributed by atoms with Crippen molar-refractivity contribution in [2.75, 3.05) is 33.3 Å². The summed E-state index contributed by atoms with van der Waals surface area (Å²) in [7, 11) is 1.62. The van der Waals surface area contributed by atoms with Crippen LogP contribution in [0.4, 0.5) is 8.78 Å². The molecule has 8 nitrogen and oxygen atoms in total. The fourth-order valence-corrected chi connectivity index (χ4v) is 3.84. The lowest BCUT2D eigenvalue weighted by Gasteiger charge is -2.34. The van der Waals surface area contributed by atoms with Gasteiger partial charge in [-0.15, -0.1) is 0 Å². The number of benzene rings is 2. The topological polar surface area (TPSA) is 72.5 Å². The van der Waals surface area contributed by atoms with Crippen LogP contribution < -0.4 is 4.74 Å². The fraction of sp³-hybridized carbons (Fsp3) is 0.318. The summed E-state index contributed by atoms with van der Waals surface area (Å²) in [5.74, 6) is 0.154. The molecule has 0 spiro atoms. The van der Waals surface area contributed by atoms with E-state index in [1.807, 2.05) is 28.8 Å². The van der Waals surface area contributed by atoms with Crippen molar-refractivity contribution in [1.82, 2.24) is 29.5 Å². The average molecular weight is 440 g/mol. The van der Waals surface area contributed by atoms with E-state index in [0.717, 1.165) is 43.6 Å².